The number of hydrogen-bond acceptors (Lipinski definition) is 6. The van der Waals surface area contributed by atoms with Crippen LogP contribution in [-0.2, 0) is 16.1 Å². The van der Waals surface area contributed by atoms with Gasteiger partial charge in [-0.1, -0.05) is 23.5 Å². The first kappa shape index (κ1) is 16.7. The topological polar surface area (TPSA) is 73.8 Å². The summed E-state index contributed by atoms with van der Waals surface area (Å²) in [6.07, 6.45) is 2.76. The molecule has 0 aliphatic rings. The summed E-state index contributed by atoms with van der Waals surface area (Å²) in [5.41, 5.74) is 1.03. The Morgan fingerprint density at radius 2 is 2.15 bits per heavy atom. The molecule has 0 amide bonds. The quantitative estimate of drug-likeness (QED) is 0.361. The van der Waals surface area contributed by atoms with Crippen molar-refractivity contribution in [3.05, 3.63) is 75.0 Å². The maximum atomic E-state index is 12.4. The molecule has 0 saturated heterocycles. The Labute approximate surface area is 159 Å². The van der Waals surface area contributed by atoms with Gasteiger partial charge in [0.25, 0.3) is 5.56 Å². The second-order valence-electron chi connectivity index (χ2n) is 5.36. The number of carbonyl (C=O) groups excluding carboxylic acids is 1. The van der Waals surface area contributed by atoms with Crippen molar-refractivity contribution in [2.45, 2.75) is 6.61 Å². The van der Waals surface area contributed by atoms with E-state index in [9.17, 15) is 9.59 Å². The van der Waals surface area contributed by atoms with Crippen LogP contribution in [0.4, 0.5) is 0 Å². The van der Waals surface area contributed by atoms with Crippen molar-refractivity contribution in [2.75, 3.05) is 0 Å². The molecule has 0 aliphatic carbocycles. The minimum absolute atomic E-state index is 0.0784. The van der Waals surface area contributed by atoms with Crippen LogP contribution in [0.1, 0.15) is 11.5 Å². The molecule has 4 aromatic rings. The van der Waals surface area contributed by atoms with Crippen LogP contribution in [0.2, 0.25) is 0 Å². The maximum absolute atomic E-state index is 12.4. The first-order valence-electron chi connectivity index (χ1n) is 7.60. The van der Waals surface area contributed by atoms with Gasteiger partial charge in [-0.15, -0.1) is 0 Å². The van der Waals surface area contributed by atoms with Gasteiger partial charge >= 0.3 is 5.97 Å². The van der Waals surface area contributed by atoms with E-state index in [1.165, 1.54) is 29.6 Å². The summed E-state index contributed by atoms with van der Waals surface area (Å²) in [5.74, 6) is -0.0206. The molecule has 0 bridgehead atoms. The number of rotatable bonds is 4. The van der Waals surface area contributed by atoms with Crippen LogP contribution >= 0.6 is 27.3 Å². The second-order valence-corrected chi connectivity index (χ2v) is 7.15. The average molecular weight is 431 g/mol. The smallest absolute Gasteiger partial charge is 0.331 e. The fourth-order valence-electron chi connectivity index (χ4n) is 2.46. The van der Waals surface area contributed by atoms with Gasteiger partial charge in [-0.25, -0.2) is 9.78 Å². The van der Waals surface area contributed by atoms with Crippen molar-refractivity contribution in [1.29, 1.82) is 0 Å². The molecule has 0 N–H and O–H groups in total. The van der Waals surface area contributed by atoms with Crippen LogP contribution in [0.3, 0.4) is 0 Å². The number of nitrogens with zero attached hydrogens (tertiary/aromatic N) is 2. The standard InChI is InChI=1S/C18H11BrN2O4S/c19-15-7-5-12(25-15)6-8-17(23)24-10-11-9-16(22)21-13-3-1-2-4-14(13)26-18(21)20-11/h1-9H,10H2/b8-6+. The molecule has 0 spiro atoms. The molecule has 3 heterocycles. The molecule has 0 aliphatic heterocycles. The SMILES string of the molecule is O=C(/C=C/c1ccc(Br)o1)OCc1cc(=O)n2c(n1)sc1ccccc12. The lowest BCUT2D eigenvalue weighted by Crippen LogP contribution is -2.14. The maximum Gasteiger partial charge on any atom is 0.331 e. The van der Waals surface area contributed by atoms with Crippen molar-refractivity contribution in [3.63, 3.8) is 0 Å². The Bertz CT molecular complexity index is 1200. The highest BCUT2D eigenvalue weighted by Crippen LogP contribution is 2.23. The van der Waals surface area contributed by atoms with Gasteiger partial charge in [0, 0.05) is 12.1 Å². The molecular weight excluding hydrogens is 420 g/mol. The van der Waals surface area contributed by atoms with E-state index >= 15 is 0 Å². The highest BCUT2D eigenvalue weighted by Gasteiger charge is 2.10. The fraction of sp³-hybridized carbons (Fsp3) is 0.0556. The van der Waals surface area contributed by atoms with Crippen LogP contribution < -0.4 is 5.56 Å². The molecule has 0 saturated carbocycles. The zero-order valence-corrected chi connectivity index (χ0v) is 15.6. The number of ether oxygens (including phenoxy) is 1. The Morgan fingerprint density at radius 3 is 2.96 bits per heavy atom. The Kier molecular flexibility index (Phi) is 4.44. The molecular formula is C18H11BrN2O4S. The van der Waals surface area contributed by atoms with Crippen molar-refractivity contribution in [3.8, 4) is 0 Å². The molecule has 6 nitrogen and oxygen atoms in total. The number of benzene rings is 1. The lowest BCUT2D eigenvalue weighted by Gasteiger charge is -2.02. The van der Waals surface area contributed by atoms with Crippen molar-refractivity contribution in [2.24, 2.45) is 0 Å². The average Bonchev–Trinajstić information content (AvgIpc) is 3.21. The van der Waals surface area contributed by atoms with E-state index in [2.05, 4.69) is 20.9 Å². The summed E-state index contributed by atoms with van der Waals surface area (Å²) in [4.78, 5) is 29.2. The molecule has 0 unspecified atom stereocenters. The van der Waals surface area contributed by atoms with Gasteiger partial charge in [0.2, 0.25) is 0 Å². The van der Waals surface area contributed by atoms with E-state index in [4.69, 9.17) is 9.15 Å². The summed E-state index contributed by atoms with van der Waals surface area (Å²) in [6, 6.07) is 12.4. The van der Waals surface area contributed by atoms with Crippen LogP contribution in [0, 0.1) is 0 Å². The summed E-state index contributed by atoms with van der Waals surface area (Å²) < 4.78 is 13.5. The first-order valence-corrected chi connectivity index (χ1v) is 9.21. The number of para-hydroxylation sites is 1. The largest absolute Gasteiger partial charge is 0.456 e. The molecule has 26 heavy (non-hydrogen) atoms. The number of fused-ring (bicyclic) bond motifs is 3. The zero-order chi connectivity index (χ0) is 18.1. The normalized spacial score (nSPS) is 11.6. The summed E-state index contributed by atoms with van der Waals surface area (Å²) in [6.45, 7) is -0.0784. The Balaban J connectivity index is 1.52. The fourth-order valence-corrected chi connectivity index (χ4v) is 3.83. The molecule has 8 heteroatoms. The molecule has 0 fully saturated rings. The number of hydrogen-bond donors (Lipinski definition) is 0. The summed E-state index contributed by atoms with van der Waals surface area (Å²) in [5, 5.41) is 0. The summed E-state index contributed by atoms with van der Waals surface area (Å²) >= 11 is 4.60. The summed E-state index contributed by atoms with van der Waals surface area (Å²) in [7, 11) is 0. The van der Waals surface area contributed by atoms with E-state index in [-0.39, 0.29) is 12.2 Å². The van der Waals surface area contributed by atoms with E-state index in [0.717, 1.165) is 10.2 Å². The van der Waals surface area contributed by atoms with E-state index < -0.39 is 5.97 Å². The van der Waals surface area contributed by atoms with E-state index in [0.29, 0.717) is 21.1 Å². The van der Waals surface area contributed by atoms with Crippen LogP contribution in [0.15, 0.2) is 62.4 Å². The highest BCUT2D eigenvalue weighted by molar-refractivity contribution is 9.10. The van der Waals surface area contributed by atoms with Crippen molar-refractivity contribution >= 4 is 54.5 Å². The zero-order valence-electron chi connectivity index (χ0n) is 13.2. The predicted molar refractivity (Wildman–Crippen MR) is 102 cm³/mol. The molecule has 4 rings (SSSR count). The second kappa shape index (κ2) is 6.89. The third kappa shape index (κ3) is 3.33. The van der Waals surface area contributed by atoms with Gasteiger partial charge in [-0.3, -0.25) is 9.20 Å². The highest BCUT2D eigenvalue weighted by atomic mass is 79.9. The van der Waals surface area contributed by atoms with Gasteiger partial charge in [0.15, 0.2) is 9.63 Å². The predicted octanol–water partition coefficient (Wildman–Crippen LogP) is 4.02. The monoisotopic (exact) mass is 430 g/mol. The Morgan fingerprint density at radius 1 is 1.31 bits per heavy atom. The third-order valence-electron chi connectivity index (χ3n) is 3.59. The van der Waals surface area contributed by atoms with Crippen LogP contribution in [0.5, 0.6) is 0 Å². The van der Waals surface area contributed by atoms with Gasteiger partial charge in [-0.2, -0.15) is 0 Å². The third-order valence-corrected chi connectivity index (χ3v) is 5.04. The van der Waals surface area contributed by atoms with Crippen LogP contribution in [0.25, 0.3) is 21.3 Å². The van der Waals surface area contributed by atoms with E-state index in [1.54, 1.807) is 16.5 Å². The van der Waals surface area contributed by atoms with Crippen molar-refractivity contribution < 1.29 is 13.9 Å². The molecule has 0 radical (unpaired) electrons. The number of thiazole rings is 1. The van der Waals surface area contributed by atoms with Gasteiger partial charge in [0.1, 0.15) is 12.4 Å². The number of halogens is 1. The number of carbonyl (C=O) groups is 1. The van der Waals surface area contributed by atoms with Gasteiger partial charge in [0.05, 0.1) is 15.9 Å². The number of esters is 1. The molecule has 1 aromatic carbocycles. The first-order chi connectivity index (χ1) is 12.6. The minimum atomic E-state index is -0.545. The molecule has 3 aromatic heterocycles. The van der Waals surface area contributed by atoms with E-state index in [1.807, 2.05) is 24.3 Å². The number of aromatic nitrogens is 2. The molecule has 130 valence electrons. The number of furan rings is 1. The van der Waals surface area contributed by atoms with Crippen molar-refractivity contribution in [1.82, 2.24) is 9.38 Å². The van der Waals surface area contributed by atoms with Crippen LogP contribution in [-0.4, -0.2) is 15.4 Å². The van der Waals surface area contributed by atoms with Gasteiger partial charge < -0.3 is 9.15 Å². The lowest BCUT2D eigenvalue weighted by atomic mass is 10.3. The molecule has 0 atom stereocenters. The van der Waals surface area contributed by atoms with Gasteiger partial charge in [-0.05, 0) is 46.3 Å². The Hall–Kier alpha value is -2.71. The minimum Gasteiger partial charge on any atom is -0.456 e. The lowest BCUT2D eigenvalue weighted by molar-refractivity contribution is -0.139.